The molecule has 2 atom stereocenters. The van der Waals surface area contributed by atoms with Crippen LogP contribution in [0, 0.1) is 18.8 Å². The van der Waals surface area contributed by atoms with Gasteiger partial charge in [0.15, 0.2) is 4.84 Å². The van der Waals surface area contributed by atoms with Gasteiger partial charge in [-0.3, -0.25) is 9.59 Å². The molecule has 170 valence electrons. The second kappa shape index (κ2) is 9.85. The van der Waals surface area contributed by atoms with Gasteiger partial charge >= 0.3 is 0 Å². The number of alkyl halides is 4. The smallest absolute Gasteiger partial charge is 0.243 e. The quantitative estimate of drug-likeness (QED) is 0.183. The molecule has 0 N–H and O–H groups in total. The molecular formula is C23H27Cl4NO2S. The van der Waals surface area contributed by atoms with Crippen molar-refractivity contribution in [2.75, 3.05) is 0 Å². The van der Waals surface area contributed by atoms with Crippen LogP contribution in [0.1, 0.15) is 56.2 Å². The molecule has 1 heterocycles. The molecule has 0 spiro atoms. The maximum Gasteiger partial charge on any atom is 0.243 e. The van der Waals surface area contributed by atoms with Crippen LogP contribution in [0.3, 0.4) is 0 Å². The zero-order valence-corrected chi connectivity index (χ0v) is 21.7. The summed E-state index contributed by atoms with van der Waals surface area (Å²) in [6, 6.07) is 6.92. The first-order valence-corrected chi connectivity index (χ1v) is 12.8. The minimum Gasteiger partial charge on any atom is -0.273 e. The number of fused-ring (bicyclic) bond motifs is 2. The minimum absolute atomic E-state index is 0.279. The summed E-state index contributed by atoms with van der Waals surface area (Å²) >= 11 is 23.7. The van der Waals surface area contributed by atoms with E-state index in [1.54, 1.807) is 11.1 Å². The van der Waals surface area contributed by atoms with Crippen LogP contribution in [0.15, 0.2) is 30.4 Å². The Hall–Kier alpha value is -0.390. The van der Waals surface area contributed by atoms with Gasteiger partial charge in [0, 0.05) is 11.9 Å². The first-order valence-electron chi connectivity index (χ1n) is 10.4. The number of allylic oxidation sites excluding steroid dienone is 2. The SMILES string of the molecule is Cc1ccc2c(c1)CCCC2(C)C.O=C1C2CC=CCC2C(=O)N1SC(Cl)(Cl)C(Cl)Cl. The van der Waals surface area contributed by atoms with E-state index >= 15 is 0 Å². The van der Waals surface area contributed by atoms with Crippen molar-refractivity contribution in [3.8, 4) is 0 Å². The van der Waals surface area contributed by atoms with E-state index in [9.17, 15) is 9.59 Å². The van der Waals surface area contributed by atoms with E-state index in [4.69, 9.17) is 46.4 Å². The molecule has 2 unspecified atom stereocenters. The van der Waals surface area contributed by atoms with Gasteiger partial charge in [-0.25, -0.2) is 4.31 Å². The minimum atomic E-state index is -1.63. The van der Waals surface area contributed by atoms with Crippen molar-refractivity contribution >= 4 is 70.2 Å². The topological polar surface area (TPSA) is 37.4 Å². The summed E-state index contributed by atoms with van der Waals surface area (Å²) in [4.78, 5) is 23.1. The highest BCUT2D eigenvalue weighted by Crippen LogP contribution is 2.48. The fourth-order valence-corrected chi connectivity index (χ4v) is 5.89. The molecule has 0 bridgehead atoms. The maximum absolute atomic E-state index is 12.1. The van der Waals surface area contributed by atoms with Crippen molar-refractivity contribution in [2.45, 2.75) is 66.8 Å². The number of rotatable bonds is 3. The average molecular weight is 523 g/mol. The predicted molar refractivity (Wildman–Crippen MR) is 132 cm³/mol. The molecule has 31 heavy (non-hydrogen) atoms. The second-order valence-corrected chi connectivity index (χ2v) is 13.1. The van der Waals surface area contributed by atoms with E-state index in [0.29, 0.717) is 30.2 Å². The fraction of sp³-hybridized carbons (Fsp3) is 0.565. The molecule has 1 saturated heterocycles. The van der Waals surface area contributed by atoms with Crippen LogP contribution in [0.5, 0.6) is 0 Å². The summed E-state index contributed by atoms with van der Waals surface area (Å²) < 4.78 is -0.630. The number of nitrogens with zero attached hydrogens (tertiary/aromatic N) is 1. The Balaban J connectivity index is 0.000000185. The van der Waals surface area contributed by atoms with Crippen LogP contribution in [-0.4, -0.2) is 24.6 Å². The number of carbonyl (C=O) groups is 2. The van der Waals surface area contributed by atoms with Crippen LogP contribution < -0.4 is 0 Å². The van der Waals surface area contributed by atoms with Crippen molar-refractivity contribution in [1.29, 1.82) is 0 Å². The van der Waals surface area contributed by atoms with Gasteiger partial charge in [0.2, 0.25) is 15.5 Å². The highest BCUT2D eigenvalue weighted by molar-refractivity contribution is 8.02. The Kier molecular flexibility index (Phi) is 8.02. The highest BCUT2D eigenvalue weighted by atomic mass is 35.5. The van der Waals surface area contributed by atoms with E-state index in [1.165, 1.54) is 24.8 Å². The van der Waals surface area contributed by atoms with Crippen molar-refractivity contribution in [3.05, 3.63) is 47.0 Å². The summed E-state index contributed by atoms with van der Waals surface area (Å²) in [5, 5.41) is 0. The Morgan fingerprint density at radius 3 is 2.23 bits per heavy atom. The third kappa shape index (κ3) is 5.58. The highest BCUT2D eigenvalue weighted by Gasteiger charge is 2.51. The van der Waals surface area contributed by atoms with Gasteiger partial charge in [-0.1, -0.05) is 73.0 Å². The molecule has 0 aromatic heterocycles. The number of benzene rings is 1. The monoisotopic (exact) mass is 521 g/mol. The van der Waals surface area contributed by atoms with Crippen LogP contribution in [0.2, 0.25) is 0 Å². The Morgan fingerprint density at radius 2 is 1.68 bits per heavy atom. The summed E-state index contributed by atoms with van der Waals surface area (Å²) in [7, 11) is 0. The Morgan fingerprint density at radius 1 is 1.10 bits per heavy atom. The first-order chi connectivity index (χ1) is 14.4. The number of imide groups is 1. The summed E-state index contributed by atoms with van der Waals surface area (Å²) in [6.45, 7) is 6.91. The third-order valence-corrected chi connectivity index (χ3v) is 9.40. The molecule has 3 nitrogen and oxygen atoms in total. The number of carbonyl (C=O) groups excluding carboxylic acids is 2. The lowest BCUT2D eigenvalue weighted by atomic mass is 9.72. The van der Waals surface area contributed by atoms with Crippen molar-refractivity contribution < 1.29 is 9.59 Å². The molecule has 0 radical (unpaired) electrons. The van der Waals surface area contributed by atoms with Gasteiger partial charge in [-0.05, 0) is 55.6 Å². The fourth-order valence-electron chi connectivity index (χ4n) is 4.47. The average Bonchev–Trinajstić information content (AvgIpc) is 2.93. The summed E-state index contributed by atoms with van der Waals surface area (Å²) in [5.41, 5.74) is 4.96. The van der Waals surface area contributed by atoms with E-state index < -0.39 is 8.50 Å². The molecule has 2 amide bonds. The van der Waals surface area contributed by atoms with Crippen molar-refractivity contribution in [2.24, 2.45) is 11.8 Å². The van der Waals surface area contributed by atoms with Gasteiger partial charge in [0.1, 0.15) is 0 Å². The lowest BCUT2D eigenvalue weighted by molar-refractivity contribution is -0.133. The van der Waals surface area contributed by atoms with Gasteiger partial charge in [-0.2, -0.15) is 0 Å². The summed E-state index contributed by atoms with van der Waals surface area (Å²) in [5.74, 6) is -1.19. The number of hydrogen-bond donors (Lipinski definition) is 0. The number of amides is 2. The van der Waals surface area contributed by atoms with Crippen LogP contribution in [-0.2, 0) is 21.4 Å². The number of hydrogen-bond acceptors (Lipinski definition) is 3. The molecule has 1 aromatic carbocycles. The van der Waals surface area contributed by atoms with E-state index in [-0.39, 0.29) is 23.7 Å². The zero-order chi connectivity index (χ0) is 23.0. The molecule has 8 heteroatoms. The van der Waals surface area contributed by atoms with Gasteiger partial charge in [0.25, 0.3) is 0 Å². The first kappa shape index (κ1) is 25.2. The second-order valence-electron chi connectivity index (χ2n) is 8.98. The van der Waals surface area contributed by atoms with Gasteiger partial charge in [-0.15, -0.1) is 23.2 Å². The van der Waals surface area contributed by atoms with Crippen LogP contribution >= 0.6 is 58.4 Å². The Bertz CT molecular complexity index is 858. The van der Waals surface area contributed by atoms with Gasteiger partial charge in [0.05, 0.1) is 11.8 Å². The number of aryl methyl sites for hydroxylation is 2. The van der Waals surface area contributed by atoms with E-state index in [0.717, 1.165) is 4.31 Å². The largest absolute Gasteiger partial charge is 0.273 e. The molecule has 0 saturated carbocycles. The molecule has 2 aliphatic carbocycles. The predicted octanol–water partition coefficient (Wildman–Crippen LogP) is 7.13. The number of halogens is 4. The van der Waals surface area contributed by atoms with E-state index in [1.807, 2.05) is 12.2 Å². The van der Waals surface area contributed by atoms with Crippen molar-refractivity contribution in [1.82, 2.24) is 4.31 Å². The van der Waals surface area contributed by atoms with Crippen molar-refractivity contribution in [3.63, 3.8) is 0 Å². The van der Waals surface area contributed by atoms with Crippen LogP contribution in [0.4, 0.5) is 0 Å². The summed E-state index contributed by atoms with van der Waals surface area (Å²) in [6.07, 6.45) is 8.90. The molecule has 1 aromatic rings. The normalized spacial score (nSPS) is 24.6. The molecule has 1 aliphatic heterocycles. The van der Waals surface area contributed by atoms with Crippen LogP contribution in [0.25, 0.3) is 0 Å². The zero-order valence-electron chi connectivity index (χ0n) is 17.8. The lowest BCUT2D eigenvalue weighted by Crippen LogP contribution is -2.31. The maximum atomic E-state index is 12.1. The lowest BCUT2D eigenvalue weighted by Gasteiger charge is -2.32. The third-order valence-electron chi connectivity index (χ3n) is 6.17. The molecule has 4 rings (SSSR count). The standard InChI is InChI=1S/C13H18.C10H9Cl4NO2S/c1-10-6-7-12-11(9-10)5-4-8-13(12,2)3;11-9(12)10(13,14)18-15-7(16)5-3-1-2-4-6(5)8(15)17/h6-7,9H,4-5,8H2,1-3H3;1-2,5-6,9H,3-4H2. The molecular weight excluding hydrogens is 496 g/mol. The molecule has 3 aliphatic rings. The molecule has 1 fully saturated rings. The Labute approximate surface area is 208 Å². The van der Waals surface area contributed by atoms with Gasteiger partial charge < -0.3 is 0 Å². The van der Waals surface area contributed by atoms with E-state index in [2.05, 4.69) is 39.0 Å².